The molecule has 186 valence electrons. The number of hydrogen-bond donors (Lipinski definition) is 1. The van der Waals surface area contributed by atoms with Crippen LogP contribution in [0.15, 0.2) is 102 Å². The minimum Gasteiger partial charge on any atom is -0.309 e. The van der Waals surface area contributed by atoms with Gasteiger partial charge in [-0.25, -0.2) is 5.43 Å². The SMILES string of the molecule is FC(F)(F)C(F)(F)C(F)(F)N/N=C\c1cc(-c2ccccc2)n(-c2ccccc2)c1-c1ccccc1. The Kier molecular flexibility index (Phi) is 6.62. The molecule has 0 aliphatic heterocycles. The first-order chi connectivity index (χ1) is 17.0. The molecule has 0 aliphatic carbocycles. The van der Waals surface area contributed by atoms with Crippen molar-refractivity contribution in [2.75, 3.05) is 0 Å². The van der Waals surface area contributed by atoms with Crippen LogP contribution in [0.25, 0.3) is 28.2 Å². The highest BCUT2D eigenvalue weighted by molar-refractivity contribution is 5.93. The van der Waals surface area contributed by atoms with E-state index in [9.17, 15) is 30.7 Å². The fourth-order valence-corrected chi connectivity index (χ4v) is 3.62. The van der Waals surface area contributed by atoms with Gasteiger partial charge < -0.3 is 4.57 Å². The standard InChI is InChI=1S/C26H18F7N3/c27-24(28,25(29,30)31)26(32,33)35-34-17-20-16-22(18-10-4-1-5-11-18)36(21-14-8-3-9-15-21)23(20)19-12-6-2-7-13-19/h1-17,35H/b34-17-. The number of halogens is 7. The minimum atomic E-state index is -6.47. The van der Waals surface area contributed by atoms with Crippen molar-refractivity contribution in [3.8, 4) is 28.2 Å². The van der Waals surface area contributed by atoms with E-state index < -0.39 is 18.1 Å². The molecule has 4 rings (SSSR count). The molecule has 0 saturated heterocycles. The van der Waals surface area contributed by atoms with E-state index in [1.54, 1.807) is 60.7 Å². The van der Waals surface area contributed by atoms with Gasteiger partial charge in [0.05, 0.1) is 17.6 Å². The van der Waals surface area contributed by atoms with Gasteiger partial charge >= 0.3 is 18.1 Å². The van der Waals surface area contributed by atoms with E-state index in [-0.39, 0.29) is 5.56 Å². The normalized spacial score (nSPS) is 12.8. The van der Waals surface area contributed by atoms with Gasteiger partial charge in [0.2, 0.25) is 0 Å². The summed E-state index contributed by atoms with van der Waals surface area (Å²) in [5, 5.41) is 3.10. The van der Waals surface area contributed by atoms with Crippen molar-refractivity contribution in [1.29, 1.82) is 0 Å². The molecule has 1 N–H and O–H groups in total. The number of rotatable bonds is 7. The van der Waals surface area contributed by atoms with Gasteiger partial charge in [0.25, 0.3) is 0 Å². The Morgan fingerprint density at radius 1 is 0.667 bits per heavy atom. The summed E-state index contributed by atoms with van der Waals surface area (Å²) in [5.74, 6) is -6.33. The van der Waals surface area contributed by atoms with Gasteiger partial charge in [-0.05, 0) is 29.3 Å². The molecule has 3 nitrogen and oxygen atoms in total. The summed E-state index contributed by atoms with van der Waals surface area (Å²) in [4.78, 5) is 0. The summed E-state index contributed by atoms with van der Waals surface area (Å²) in [6.45, 7) is 0. The van der Waals surface area contributed by atoms with E-state index in [1.807, 2.05) is 41.0 Å². The maximum absolute atomic E-state index is 13.7. The number of nitrogens with zero attached hydrogens (tertiary/aromatic N) is 2. The van der Waals surface area contributed by atoms with Crippen LogP contribution < -0.4 is 5.43 Å². The van der Waals surface area contributed by atoms with E-state index >= 15 is 0 Å². The van der Waals surface area contributed by atoms with Crippen molar-refractivity contribution in [2.45, 2.75) is 18.1 Å². The van der Waals surface area contributed by atoms with Crippen molar-refractivity contribution in [3.63, 3.8) is 0 Å². The van der Waals surface area contributed by atoms with Crippen molar-refractivity contribution in [2.24, 2.45) is 5.10 Å². The zero-order chi connectivity index (χ0) is 26.0. The maximum atomic E-state index is 13.7. The van der Waals surface area contributed by atoms with E-state index in [0.717, 1.165) is 11.8 Å². The summed E-state index contributed by atoms with van der Waals surface area (Å²) in [6, 6.07) is 22.8. The van der Waals surface area contributed by atoms with Gasteiger partial charge in [0, 0.05) is 11.3 Å². The molecule has 0 saturated carbocycles. The highest BCUT2D eigenvalue weighted by Crippen LogP contribution is 2.45. The van der Waals surface area contributed by atoms with Crippen LogP contribution in [0.1, 0.15) is 5.56 Å². The Balaban J connectivity index is 1.87. The molecular weight excluding hydrogens is 487 g/mol. The average molecular weight is 505 g/mol. The molecule has 0 radical (unpaired) electrons. The smallest absolute Gasteiger partial charge is 0.309 e. The maximum Gasteiger partial charge on any atom is 0.462 e. The van der Waals surface area contributed by atoms with Crippen LogP contribution >= 0.6 is 0 Å². The lowest BCUT2D eigenvalue weighted by molar-refractivity contribution is -0.361. The monoisotopic (exact) mass is 505 g/mol. The lowest BCUT2D eigenvalue weighted by Crippen LogP contribution is -2.58. The second kappa shape index (κ2) is 9.52. The summed E-state index contributed by atoms with van der Waals surface area (Å²) in [7, 11) is 0. The number of para-hydroxylation sites is 1. The number of benzene rings is 3. The van der Waals surface area contributed by atoms with Gasteiger partial charge in [-0.3, -0.25) is 0 Å². The third-order valence-electron chi connectivity index (χ3n) is 5.32. The topological polar surface area (TPSA) is 29.3 Å². The third kappa shape index (κ3) is 4.71. The van der Waals surface area contributed by atoms with E-state index in [0.29, 0.717) is 28.1 Å². The molecule has 0 aliphatic rings. The Hall–Kier alpha value is -4.08. The molecule has 1 heterocycles. The van der Waals surface area contributed by atoms with Crippen LogP contribution in [0, 0.1) is 0 Å². The van der Waals surface area contributed by atoms with Crippen molar-refractivity contribution >= 4 is 6.21 Å². The summed E-state index contributed by atoms with van der Waals surface area (Å²) in [6.07, 6.45) is -5.67. The van der Waals surface area contributed by atoms with Gasteiger partial charge in [0.1, 0.15) is 0 Å². The van der Waals surface area contributed by atoms with Gasteiger partial charge in [-0.15, -0.1) is 0 Å². The van der Waals surface area contributed by atoms with Crippen LogP contribution in [-0.4, -0.2) is 28.9 Å². The van der Waals surface area contributed by atoms with Crippen LogP contribution in [0.5, 0.6) is 0 Å². The predicted octanol–water partition coefficient (Wildman–Crippen LogP) is 7.53. The number of nitrogens with one attached hydrogen (secondary N) is 1. The molecule has 0 spiro atoms. The highest BCUT2D eigenvalue weighted by Gasteiger charge is 2.73. The Bertz CT molecular complexity index is 1330. The first kappa shape index (κ1) is 25.0. The van der Waals surface area contributed by atoms with E-state index in [2.05, 4.69) is 5.10 Å². The fraction of sp³-hybridized carbons (Fsp3) is 0.115. The lowest BCUT2D eigenvalue weighted by atomic mass is 10.1. The number of aromatic nitrogens is 1. The molecule has 3 aromatic carbocycles. The predicted molar refractivity (Wildman–Crippen MR) is 123 cm³/mol. The largest absolute Gasteiger partial charge is 0.462 e. The summed E-state index contributed by atoms with van der Waals surface area (Å²) in [5.41, 5.74) is 4.09. The van der Waals surface area contributed by atoms with Crippen LogP contribution in [0.4, 0.5) is 30.7 Å². The van der Waals surface area contributed by atoms with E-state index in [4.69, 9.17) is 0 Å². The van der Waals surface area contributed by atoms with Crippen LogP contribution in [-0.2, 0) is 0 Å². The average Bonchev–Trinajstić information content (AvgIpc) is 3.24. The second-order valence-electron chi connectivity index (χ2n) is 7.75. The zero-order valence-electron chi connectivity index (χ0n) is 18.4. The number of hydrogen-bond acceptors (Lipinski definition) is 2. The number of alkyl halides is 7. The van der Waals surface area contributed by atoms with Gasteiger partial charge in [0.15, 0.2) is 0 Å². The van der Waals surface area contributed by atoms with Gasteiger partial charge in [-0.2, -0.15) is 35.8 Å². The van der Waals surface area contributed by atoms with Crippen molar-refractivity contribution < 1.29 is 30.7 Å². The molecule has 0 fully saturated rings. The van der Waals surface area contributed by atoms with E-state index in [1.165, 1.54) is 0 Å². The van der Waals surface area contributed by atoms with Crippen molar-refractivity contribution in [1.82, 2.24) is 9.99 Å². The highest BCUT2D eigenvalue weighted by atomic mass is 19.4. The molecule has 0 atom stereocenters. The van der Waals surface area contributed by atoms with Gasteiger partial charge in [-0.1, -0.05) is 78.9 Å². The zero-order valence-corrected chi connectivity index (χ0v) is 18.4. The molecule has 36 heavy (non-hydrogen) atoms. The number of hydrazone groups is 1. The second-order valence-corrected chi connectivity index (χ2v) is 7.75. The molecule has 4 aromatic rings. The Morgan fingerprint density at radius 2 is 1.17 bits per heavy atom. The Labute approximate surface area is 201 Å². The first-order valence-electron chi connectivity index (χ1n) is 10.6. The fourth-order valence-electron chi connectivity index (χ4n) is 3.62. The van der Waals surface area contributed by atoms with Crippen LogP contribution in [0.2, 0.25) is 0 Å². The van der Waals surface area contributed by atoms with Crippen molar-refractivity contribution in [3.05, 3.63) is 103 Å². The molecule has 10 heteroatoms. The first-order valence-corrected chi connectivity index (χ1v) is 10.6. The Morgan fingerprint density at radius 3 is 1.69 bits per heavy atom. The quantitative estimate of drug-likeness (QED) is 0.120. The summed E-state index contributed by atoms with van der Waals surface area (Å²) >= 11 is 0. The molecule has 0 bridgehead atoms. The summed E-state index contributed by atoms with van der Waals surface area (Å²) < 4.78 is 93.3. The third-order valence-corrected chi connectivity index (χ3v) is 5.32. The molecule has 0 amide bonds. The minimum absolute atomic E-state index is 0.211. The molecular formula is C26H18F7N3. The lowest BCUT2D eigenvalue weighted by Gasteiger charge is -2.27. The molecule has 1 aromatic heterocycles. The molecule has 0 unspecified atom stereocenters. The van der Waals surface area contributed by atoms with Crippen LogP contribution in [0.3, 0.4) is 0 Å².